The van der Waals surface area contributed by atoms with Crippen LogP contribution in [0.2, 0.25) is 0 Å². The third-order valence-corrected chi connectivity index (χ3v) is 3.65. The van der Waals surface area contributed by atoms with Crippen molar-refractivity contribution in [2.45, 2.75) is 13.3 Å². The molecule has 23 heavy (non-hydrogen) atoms. The second kappa shape index (κ2) is 6.96. The van der Waals surface area contributed by atoms with Crippen molar-refractivity contribution in [3.63, 3.8) is 0 Å². The van der Waals surface area contributed by atoms with Crippen LogP contribution in [0.1, 0.15) is 22.8 Å². The summed E-state index contributed by atoms with van der Waals surface area (Å²) in [5, 5.41) is 4.52. The highest BCUT2D eigenvalue weighted by atomic mass is 16.5. The van der Waals surface area contributed by atoms with E-state index >= 15 is 0 Å². The van der Waals surface area contributed by atoms with Crippen molar-refractivity contribution in [1.82, 2.24) is 9.97 Å². The zero-order valence-electron chi connectivity index (χ0n) is 13.0. The minimum atomic E-state index is -0.342. The first-order valence-electron chi connectivity index (χ1n) is 7.70. The normalized spacial score (nSPS) is 10.7. The Morgan fingerprint density at radius 1 is 1.26 bits per heavy atom. The van der Waals surface area contributed by atoms with Crippen molar-refractivity contribution in [2.75, 3.05) is 18.5 Å². The Bertz CT molecular complexity index is 793. The highest BCUT2D eigenvalue weighted by Gasteiger charge is 2.07. The largest absolute Gasteiger partial charge is 0.462 e. The number of H-pyrrole nitrogens is 1. The molecule has 0 aliphatic heterocycles. The number of aromatic amines is 1. The number of carbonyl (C=O) groups excluding carboxylic acids is 1. The lowest BCUT2D eigenvalue weighted by molar-refractivity contribution is 0.0526. The fraction of sp³-hybridized carbons (Fsp3) is 0.222. The van der Waals surface area contributed by atoms with Crippen LogP contribution in [0, 0.1) is 0 Å². The first-order valence-corrected chi connectivity index (χ1v) is 7.70. The van der Waals surface area contributed by atoms with Gasteiger partial charge >= 0.3 is 5.97 Å². The van der Waals surface area contributed by atoms with Gasteiger partial charge in [0, 0.05) is 29.8 Å². The van der Waals surface area contributed by atoms with Gasteiger partial charge in [-0.1, -0.05) is 18.2 Å². The number of rotatable bonds is 6. The minimum absolute atomic E-state index is 0.342. The van der Waals surface area contributed by atoms with Crippen LogP contribution in [0.25, 0.3) is 10.9 Å². The molecule has 2 aromatic heterocycles. The molecule has 0 fully saturated rings. The topological polar surface area (TPSA) is 67.0 Å². The molecule has 0 saturated heterocycles. The summed E-state index contributed by atoms with van der Waals surface area (Å²) < 4.78 is 4.94. The highest BCUT2D eigenvalue weighted by molar-refractivity contribution is 5.89. The first-order chi connectivity index (χ1) is 11.3. The van der Waals surface area contributed by atoms with Gasteiger partial charge in [0.15, 0.2) is 0 Å². The average molecular weight is 309 g/mol. The van der Waals surface area contributed by atoms with Crippen LogP contribution in [-0.2, 0) is 11.2 Å². The molecule has 1 aromatic carbocycles. The van der Waals surface area contributed by atoms with E-state index in [2.05, 4.69) is 27.4 Å². The lowest BCUT2D eigenvalue weighted by Crippen LogP contribution is -2.08. The second-order valence-electron chi connectivity index (χ2n) is 5.19. The van der Waals surface area contributed by atoms with Gasteiger partial charge in [-0.3, -0.25) is 0 Å². The fourth-order valence-electron chi connectivity index (χ4n) is 2.50. The van der Waals surface area contributed by atoms with E-state index in [4.69, 9.17) is 4.74 Å². The maximum Gasteiger partial charge on any atom is 0.339 e. The first kappa shape index (κ1) is 15.1. The summed E-state index contributed by atoms with van der Waals surface area (Å²) >= 11 is 0. The van der Waals surface area contributed by atoms with E-state index in [0.29, 0.717) is 12.2 Å². The number of ether oxygens (including phenoxy) is 1. The van der Waals surface area contributed by atoms with Gasteiger partial charge in [-0.25, -0.2) is 9.78 Å². The van der Waals surface area contributed by atoms with Crippen LogP contribution in [-0.4, -0.2) is 29.1 Å². The number of carbonyl (C=O) groups is 1. The number of esters is 1. The number of benzene rings is 1. The highest BCUT2D eigenvalue weighted by Crippen LogP contribution is 2.18. The summed E-state index contributed by atoms with van der Waals surface area (Å²) in [6, 6.07) is 11.8. The lowest BCUT2D eigenvalue weighted by Gasteiger charge is -2.06. The molecule has 0 bridgehead atoms. The Hall–Kier alpha value is -2.82. The predicted octanol–water partition coefficient (Wildman–Crippen LogP) is 3.39. The summed E-state index contributed by atoms with van der Waals surface area (Å²) in [6.07, 6.45) is 4.47. The number of anilines is 1. The Labute approximate surface area is 134 Å². The van der Waals surface area contributed by atoms with Crippen molar-refractivity contribution in [3.05, 3.63) is 59.9 Å². The van der Waals surface area contributed by atoms with Crippen molar-refractivity contribution in [1.29, 1.82) is 0 Å². The molecule has 2 N–H and O–H groups in total. The van der Waals surface area contributed by atoms with Crippen molar-refractivity contribution in [3.8, 4) is 0 Å². The van der Waals surface area contributed by atoms with Gasteiger partial charge in [0.2, 0.25) is 0 Å². The third-order valence-electron chi connectivity index (χ3n) is 3.65. The number of aromatic nitrogens is 2. The van der Waals surface area contributed by atoms with Gasteiger partial charge in [0.05, 0.1) is 12.2 Å². The van der Waals surface area contributed by atoms with Crippen LogP contribution >= 0.6 is 0 Å². The van der Waals surface area contributed by atoms with E-state index < -0.39 is 0 Å². The van der Waals surface area contributed by atoms with E-state index in [1.54, 1.807) is 19.1 Å². The smallest absolute Gasteiger partial charge is 0.339 e. The van der Waals surface area contributed by atoms with Crippen LogP contribution in [0.15, 0.2) is 48.8 Å². The van der Waals surface area contributed by atoms with Crippen LogP contribution < -0.4 is 5.32 Å². The molecule has 3 rings (SSSR count). The van der Waals surface area contributed by atoms with Gasteiger partial charge in [-0.15, -0.1) is 0 Å². The minimum Gasteiger partial charge on any atom is -0.462 e. The quantitative estimate of drug-likeness (QED) is 0.685. The molecule has 5 heteroatoms. The van der Waals surface area contributed by atoms with Crippen LogP contribution in [0.5, 0.6) is 0 Å². The Morgan fingerprint density at radius 3 is 2.91 bits per heavy atom. The molecule has 0 aliphatic rings. The monoisotopic (exact) mass is 309 g/mol. The number of nitrogens with zero attached hydrogens (tertiary/aromatic N) is 1. The summed E-state index contributed by atoms with van der Waals surface area (Å²) in [5.74, 6) is 0.406. The summed E-state index contributed by atoms with van der Waals surface area (Å²) in [4.78, 5) is 19.1. The maximum atomic E-state index is 11.6. The van der Waals surface area contributed by atoms with Crippen molar-refractivity contribution >= 4 is 22.7 Å². The van der Waals surface area contributed by atoms with Crippen LogP contribution in [0.3, 0.4) is 0 Å². The average Bonchev–Trinajstić information content (AvgIpc) is 2.99. The van der Waals surface area contributed by atoms with Crippen LogP contribution in [0.4, 0.5) is 5.82 Å². The summed E-state index contributed by atoms with van der Waals surface area (Å²) in [5.41, 5.74) is 2.89. The summed E-state index contributed by atoms with van der Waals surface area (Å²) in [7, 11) is 0. The number of pyridine rings is 1. The molecular weight excluding hydrogens is 290 g/mol. The summed E-state index contributed by atoms with van der Waals surface area (Å²) in [6.45, 7) is 2.92. The van der Waals surface area contributed by atoms with E-state index in [0.717, 1.165) is 24.3 Å². The zero-order chi connectivity index (χ0) is 16.1. The zero-order valence-corrected chi connectivity index (χ0v) is 13.0. The molecule has 0 aliphatic carbocycles. The molecule has 0 spiro atoms. The number of hydrogen-bond donors (Lipinski definition) is 2. The van der Waals surface area contributed by atoms with Gasteiger partial charge in [-0.2, -0.15) is 0 Å². The SMILES string of the molecule is CCOC(=O)c1ccc(NCCc2c[nH]c3ccccc23)nc1. The molecule has 0 unspecified atom stereocenters. The van der Waals surface area contributed by atoms with E-state index in [-0.39, 0.29) is 5.97 Å². The van der Waals surface area contributed by atoms with E-state index in [1.807, 2.05) is 18.3 Å². The van der Waals surface area contributed by atoms with E-state index in [9.17, 15) is 4.79 Å². The molecule has 0 atom stereocenters. The Balaban J connectivity index is 1.57. The molecule has 0 radical (unpaired) electrons. The van der Waals surface area contributed by atoms with Gasteiger partial charge < -0.3 is 15.0 Å². The predicted molar refractivity (Wildman–Crippen MR) is 90.7 cm³/mol. The fourth-order valence-corrected chi connectivity index (χ4v) is 2.50. The molecule has 0 saturated carbocycles. The maximum absolute atomic E-state index is 11.6. The Kier molecular flexibility index (Phi) is 4.57. The van der Waals surface area contributed by atoms with Gasteiger partial charge in [-0.05, 0) is 37.1 Å². The molecule has 2 heterocycles. The standard InChI is InChI=1S/C18H19N3O2/c1-2-23-18(22)14-7-8-17(21-12-14)19-10-9-13-11-20-16-6-4-3-5-15(13)16/h3-8,11-12,20H,2,9-10H2,1H3,(H,19,21). The van der Waals surface area contributed by atoms with Crippen molar-refractivity contribution < 1.29 is 9.53 Å². The number of hydrogen-bond acceptors (Lipinski definition) is 4. The Morgan fingerprint density at radius 2 is 2.13 bits per heavy atom. The van der Waals surface area contributed by atoms with E-state index in [1.165, 1.54) is 17.1 Å². The van der Waals surface area contributed by atoms with Gasteiger partial charge in [0.1, 0.15) is 5.82 Å². The number of nitrogens with one attached hydrogen (secondary N) is 2. The molecule has 5 nitrogen and oxygen atoms in total. The molecule has 0 amide bonds. The number of para-hydroxylation sites is 1. The third kappa shape index (κ3) is 3.51. The molecule has 3 aromatic rings. The second-order valence-corrected chi connectivity index (χ2v) is 5.19. The lowest BCUT2D eigenvalue weighted by atomic mass is 10.1. The molecular formula is C18H19N3O2. The van der Waals surface area contributed by atoms with Crippen molar-refractivity contribution in [2.24, 2.45) is 0 Å². The van der Waals surface area contributed by atoms with Gasteiger partial charge in [0.25, 0.3) is 0 Å². The number of fused-ring (bicyclic) bond motifs is 1. The molecule has 118 valence electrons.